The third kappa shape index (κ3) is 3.02. The minimum absolute atomic E-state index is 0.620. The van der Waals surface area contributed by atoms with Crippen molar-refractivity contribution in [1.29, 1.82) is 5.26 Å². The van der Waals surface area contributed by atoms with Gasteiger partial charge in [0, 0.05) is 24.6 Å². The molecule has 2 rings (SSSR count). The van der Waals surface area contributed by atoms with Crippen LogP contribution in [0.5, 0.6) is 0 Å². The lowest BCUT2D eigenvalue weighted by atomic mass is 10.2. The zero-order valence-corrected chi connectivity index (χ0v) is 9.51. The van der Waals surface area contributed by atoms with E-state index in [9.17, 15) is 0 Å². The van der Waals surface area contributed by atoms with Crippen LogP contribution in [0.3, 0.4) is 0 Å². The van der Waals surface area contributed by atoms with Crippen LogP contribution < -0.4 is 5.32 Å². The summed E-state index contributed by atoms with van der Waals surface area (Å²) in [4.78, 5) is 8.27. The Morgan fingerprint density at radius 3 is 2.76 bits per heavy atom. The molecule has 4 heteroatoms. The van der Waals surface area contributed by atoms with E-state index in [2.05, 4.69) is 21.4 Å². The zero-order valence-electron chi connectivity index (χ0n) is 9.51. The maximum Gasteiger partial charge on any atom is 0.127 e. The molecule has 0 aliphatic carbocycles. The molecule has 0 fully saturated rings. The van der Waals surface area contributed by atoms with Crippen LogP contribution in [0.4, 0.5) is 5.82 Å². The first-order valence-corrected chi connectivity index (χ1v) is 5.29. The number of aromatic nitrogens is 2. The molecule has 0 aliphatic rings. The van der Waals surface area contributed by atoms with Crippen LogP contribution in [0, 0.1) is 18.3 Å². The van der Waals surface area contributed by atoms with Gasteiger partial charge in [0.25, 0.3) is 0 Å². The molecule has 0 spiro atoms. The summed E-state index contributed by atoms with van der Waals surface area (Å²) in [5, 5.41) is 12.0. The van der Waals surface area contributed by atoms with Crippen molar-refractivity contribution in [1.82, 2.24) is 9.97 Å². The Morgan fingerprint density at radius 2 is 2.06 bits per heavy atom. The van der Waals surface area contributed by atoms with Gasteiger partial charge < -0.3 is 5.32 Å². The molecule has 0 aromatic carbocycles. The lowest BCUT2D eigenvalue weighted by Crippen LogP contribution is -2.02. The fourth-order valence-corrected chi connectivity index (χ4v) is 1.52. The monoisotopic (exact) mass is 224 g/mol. The van der Waals surface area contributed by atoms with Gasteiger partial charge in [-0.05, 0) is 36.8 Å². The van der Waals surface area contributed by atoms with Gasteiger partial charge in [0.1, 0.15) is 5.82 Å². The SMILES string of the molecule is Cc1cc(C#N)cc(NCc2ccncc2)n1. The molecule has 0 unspecified atom stereocenters. The molecule has 0 bridgehead atoms. The summed E-state index contributed by atoms with van der Waals surface area (Å²) in [5.74, 6) is 0.721. The van der Waals surface area contributed by atoms with Gasteiger partial charge in [0.05, 0.1) is 11.6 Å². The first-order valence-electron chi connectivity index (χ1n) is 5.29. The third-order valence-electron chi connectivity index (χ3n) is 2.31. The Balaban J connectivity index is 2.10. The number of nitrogens with zero attached hydrogens (tertiary/aromatic N) is 3. The summed E-state index contributed by atoms with van der Waals surface area (Å²) >= 11 is 0. The van der Waals surface area contributed by atoms with Gasteiger partial charge in [0.2, 0.25) is 0 Å². The quantitative estimate of drug-likeness (QED) is 0.868. The number of rotatable bonds is 3. The molecule has 1 N–H and O–H groups in total. The summed E-state index contributed by atoms with van der Waals surface area (Å²) in [6.07, 6.45) is 3.50. The standard InChI is InChI=1S/C13H12N4/c1-10-6-12(8-14)7-13(17-10)16-9-11-2-4-15-5-3-11/h2-7H,9H2,1H3,(H,16,17). The van der Waals surface area contributed by atoms with Crippen LogP contribution in [0.1, 0.15) is 16.8 Å². The van der Waals surface area contributed by atoms with Crippen LogP contribution >= 0.6 is 0 Å². The Bertz CT molecular complexity index is 543. The lowest BCUT2D eigenvalue weighted by Gasteiger charge is -2.06. The highest BCUT2D eigenvalue weighted by molar-refractivity contribution is 5.44. The van der Waals surface area contributed by atoms with Crippen LogP contribution in [0.2, 0.25) is 0 Å². The van der Waals surface area contributed by atoms with Gasteiger partial charge in [-0.15, -0.1) is 0 Å². The van der Waals surface area contributed by atoms with Crippen LogP contribution in [-0.2, 0) is 6.54 Å². The highest BCUT2D eigenvalue weighted by Gasteiger charge is 1.99. The number of aryl methyl sites for hydroxylation is 1. The zero-order chi connectivity index (χ0) is 12.1. The van der Waals surface area contributed by atoms with Crippen LogP contribution in [-0.4, -0.2) is 9.97 Å². The number of pyridine rings is 2. The van der Waals surface area contributed by atoms with Crippen molar-refractivity contribution in [2.75, 3.05) is 5.32 Å². The summed E-state index contributed by atoms with van der Waals surface area (Å²) < 4.78 is 0. The number of nitriles is 1. The van der Waals surface area contributed by atoms with Gasteiger partial charge >= 0.3 is 0 Å². The second kappa shape index (κ2) is 5.08. The van der Waals surface area contributed by atoms with E-state index in [1.807, 2.05) is 19.1 Å². The van der Waals surface area contributed by atoms with E-state index in [1.54, 1.807) is 24.5 Å². The molecule has 17 heavy (non-hydrogen) atoms. The van der Waals surface area contributed by atoms with Gasteiger partial charge in [-0.3, -0.25) is 4.98 Å². The molecule has 2 aromatic heterocycles. The summed E-state index contributed by atoms with van der Waals surface area (Å²) in [5.41, 5.74) is 2.58. The van der Waals surface area contributed by atoms with E-state index in [0.29, 0.717) is 12.1 Å². The third-order valence-corrected chi connectivity index (χ3v) is 2.31. The minimum Gasteiger partial charge on any atom is -0.366 e. The van der Waals surface area contributed by atoms with E-state index in [0.717, 1.165) is 17.1 Å². The predicted octanol–water partition coefficient (Wildman–Crippen LogP) is 2.27. The summed E-state index contributed by atoms with van der Waals surface area (Å²) in [7, 11) is 0. The molecular formula is C13H12N4. The molecule has 0 atom stereocenters. The average molecular weight is 224 g/mol. The maximum atomic E-state index is 8.86. The van der Waals surface area contributed by atoms with Gasteiger partial charge in [-0.2, -0.15) is 5.26 Å². The first-order chi connectivity index (χ1) is 8.28. The summed E-state index contributed by atoms with van der Waals surface area (Å²) in [6.45, 7) is 2.54. The predicted molar refractivity (Wildman–Crippen MR) is 65.3 cm³/mol. The molecule has 0 saturated heterocycles. The average Bonchev–Trinajstić information content (AvgIpc) is 2.37. The van der Waals surface area contributed by atoms with E-state index in [1.165, 1.54) is 0 Å². The van der Waals surface area contributed by atoms with E-state index in [4.69, 9.17) is 5.26 Å². The largest absolute Gasteiger partial charge is 0.366 e. The van der Waals surface area contributed by atoms with Crippen molar-refractivity contribution >= 4 is 5.82 Å². The first kappa shape index (κ1) is 11.1. The number of anilines is 1. The van der Waals surface area contributed by atoms with Crippen molar-refractivity contribution in [3.05, 3.63) is 53.5 Å². The van der Waals surface area contributed by atoms with Crippen LogP contribution in [0.15, 0.2) is 36.7 Å². The fraction of sp³-hybridized carbons (Fsp3) is 0.154. The molecule has 0 amide bonds. The summed E-state index contributed by atoms with van der Waals surface area (Å²) in [6, 6.07) is 9.50. The van der Waals surface area contributed by atoms with E-state index < -0.39 is 0 Å². The Kier molecular flexibility index (Phi) is 3.31. The molecular weight excluding hydrogens is 212 g/mol. The highest BCUT2D eigenvalue weighted by Crippen LogP contribution is 2.10. The second-order valence-electron chi connectivity index (χ2n) is 3.70. The Labute approximate surface area is 100.0 Å². The van der Waals surface area contributed by atoms with Crippen molar-refractivity contribution in [3.8, 4) is 6.07 Å². The van der Waals surface area contributed by atoms with Crippen molar-refractivity contribution in [2.24, 2.45) is 0 Å². The fourth-order valence-electron chi connectivity index (χ4n) is 1.52. The Morgan fingerprint density at radius 1 is 1.29 bits per heavy atom. The molecule has 84 valence electrons. The number of hydrogen-bond donors (Lipinski definition) is 1. The van der Waals surface area contributed by atoms with Crippen molar-refractivity contribution in [3.63, 3.8) is 0 Å². The maximum absolute atomic E-state index is 8.86. The molecule has 0 aliphatic heterocycles. The van der Waals surface area contributed by atoms with Crippen LogP contribution in [0.25, 0.3) is 0 Å². The molecule has 0 radical (unpaired) electrons. The van der Waals surface area contributed by atoms with Crippen molar-refractivity contribution < 1.29 is 0 Å². The topological polar surface area (TPSA) is 61.6 Å². The van der Waals surface area contributed by atoms with Gasteiger partial charge in [-0.25, -0.2) is 4.98 Å². The Hall–Kier alpha value is -2.41. The molecule has 4 nitrogen and oxygen atoms in total. The van der Waals surface area contributed by atoms with Gasteiger partial charge in [0.15, 0.2) is 0 Å². The van der Waals surface area contributed by atoms with E-state index >= 15 is 0 Å². The van der Waals surface area contributed by atoms with Crippen molar-refractivity contribution in [2.45, 2.75) is 13.5 Å². The van der Waals surface area contributed by atoms with Gasteiger partial charge in [-0.1, -0.05) is 0 Å². The molecule has 2 heterocycles. The molecule has 0 saturated carbocycles. The highest BCUT2D eigenvalue weighted by atomic mass is 15.0. The molecule has 2 aromatic rings. The normalized spacial score (nSPS) is 9.65. The minimum atomic E-state index is 0.620. The smallest absolute Gasteiger partial charge is 0.127 e. The number of hydrogen-bond acceptors (Lipinski definition) is 4. The lowest BCUT2D eigenvalue weighted by molar-refractivity contribution is 1.08. The number of nitrogens with one attached hydrogen (secondary N) is 1. The second-order valence-corrected chi connectivity index (χ2v) is 3.70. The van der Waals surface area contributed by atoms with E-state index in [-0.39, 0.29) is 0 Å².